The molecule has 1 aromatic rings. The van der Waals surface area contributed by atoms with Gasteiger partial charge in [-0.2, -0.15) is 0 Å². The van der Waals surface area contributed by atoms with E-state index in [1.807, 2.05) is 29.2 Å². The summed E-state index contributed by atoms with van der Waals surface area (Å²) in [4.78, 5) is 16.4. The quantitative estimate of drug-likeness (QED) is 0.906. The second-order valence-corrected chi connectivity index (χ2v) is 5.81. The van der Waals surface area contributed by atoms with Gasteiger partial charge in [-0.1, -0.05) is 6.07 Å². The summed E-state index contributed by atoms with van der Waals surface area (Å²) in [7, 11) is 1.66. The Labute approximate surface area is 130 Å². The van der Waals surface area contributed by atoms with Gasteiger partial charge < -0.3 is 19.9 Å². The normalized spacial score (nSPS) is 25.4. The molecule has 0 saturated carbocycles. The molecule has 2 heterocycles. The molecule has 6 heteroatoms. The molecule has 22 heavy (non-hydrogen) atoms. The fraction of sp³-hybridized carbons (Fsp3) is 0.562. The number of hydrogen-bond acceptors (Lipinski definition) is 4. The fourth-order valence-corrected chi connectivity index (χ4v) is 3.09. The number of halogens is 1. The maximum Gasteiger partial charge on any atom is 0.239 e. The third-order valence-electron chi connectivity index (χ3n) is 4.39. The van der Waals surface area contributed by atoms with Crippen molar-refractivity contribution < 1.29 is 13.9 Å². The molecule has 2 aliphatic heterocycles. The van der Waals surface area contributed by atoms with Crippen molar-refractivity contribution in [2.75, 3.05) is 44.7 Å². The van der Waals surface area contributed by atoms with E-state index in [1.165, 1.54) is 0 Å². The van der Waals surface area contributed by atoms with Gasteiger partial charge in [-0.25, -0.2) is 4.39 Å². The maximum absolute atomic E-state index is 13.2. The number of carbonyl (C=O) groups excluding carboxylic acids is 1. The Morgan fingerprint density at radius 3 is 2.73 bits per heavy atom. The van der Waals surface area contributed by atoms with E-state index in [-0.39, 0.29) is 11.9 Å². The van der Waals surface area contributed by atoms with E-state index < -0.39 is 6.17 Å². The number of amides is 1. The van der Waals surface area contributed by atoms with Crippen molar-refractivity contribution in [2.45, 2.75) is 18.6 Å². The van der Waals surface area contributed by atoms with Gasteiger partial charge >= 0.3 is 0 Å². The van der Waals surface area contributed by atoms with Crippen LogP contribution in [0.4, 0.5) is 10.1 Å². The molecule has 120 valence electrons. The second kappa shape index (κ2) is 6.52. The summed E-state index contributed by atoms with van der Waals surface area (Å²) >= 11 is 0. The Morgan fingerprint density at radius 2 is 2.09 bits per heavy atom. The molecular formula is C16H22FN3O2. The molecule has 2 fully saturated rings. The molecule has 1 aromatic carbocycles. The third-order valence-corrected chi connectivity index (χ3v) is 4.39. The van der Waals surface area contributed by atoms with Crippen LogP contribution in [0, 0.1) is 0 Å². The van der Waals surface area contributed by atoms with Gasteiger partial charge in [-0.15, -0.1) is 0 Å². The number of carbonyl (C=O) groups is 1. The number of alkyl halides is 1. The first-order valence-electron chi connectivity index (χ1n) is 7.72. The van der Waals surface area contributed by atoms with Gasteiger partial charge in [0.05, 0.1) is 13.2 Å². The van der Waals surface area contributed by atoms with Crippen molar-refractivity contribution in [3.63, 3.8) is 0 Å². The van der Waals surface area contributed by atoms with Gasteiger partial charge in [0.1, 0.15) is 11.9 Å². The zero-order valence-corrected chi connectivity index (χ0v) is 12.8. The fourth-order valence-electron chi connectivity index (χ4n) is 3.09. The molecule has 3 rings (SSSR count). The van der Waals surface area contributed by atoms with E-state index >= 15 is 0 Å². The smallest absolute Gasteiger partial charge is 0.239 e. The summed E-state index contributed by atoms with van der Waals surface area (Å²) in [5.74, 6) is 0.866. The summed E-state index contributed by atoms with van der Waals surface area (Å²) in [6, 6.07) is 7.59. The van der Waals surface area contributed by atoms with Gasteiger partial charge in [-0.05, 0) is 12.1 Å². The molecule has 0 aromatic heterocycles. The lowest BCUT2D eigenvalue weighted by molar-refractivity contribution is -0.133. The van der Waals surface area contributed by atoms with Crippen molar-refractivity contribution in [1.29, 1.82) is 0 Å². The van der Waals surface area contributed by atoms with Gasteiger partial charge in [0, 0.05) is 50.9 Å². The lowest BCUT2D eigenvalue weighted by Gasteiger charge is -2.37. The van der Waals surface area contributed by atoms with E-state index in [0.717, 1.165) is 24.5 Å². The van der Waals surface area contributed by atoms with E-state index in [9.17, 15) is 9.18 Å². The number of nitrogens with one attached hydrogen (secondary N) is 1. The van der Waals surface area contributed by atoms with E-state index in [2.05, 4.69) is 10.2 Å². The number of anilines is 1. The maximum atomic E-state index is 13.2. The molecule has 0 bridgehead atoms. The number of benzene rings is 1. The minimum atomic E-state index is -0.896. The van der Waals surface area contributed by atoms with E-state index in [1.54, 1.807) is 7.11 Å². The van der Waals surface area contributed by atoms with Crippen LogP contribution in [0.25, 0.3) is 0 Å². The van der Waals surface area contributed by atoms with Crippen LogP contribution in [0.3, 0.4) is 0 Å². The molecule has 2 atom stereocenters. The van der Waals surface area contributed by atoms with Crippen LogP contribution in [0.1, 0.15) is 6.42 Å². The summed E-state index contributed by atoms with van der Waals surface area (Å²) in [5, 5.41) is 2.97. The van der Waals surface area contributed by atoms with Gasteiger partial charge in [-0.3, -0.25) is 4.79 Å². The summed E-state index contributed by atoms with van der Waals surface area (Å²) in [5.41, 5.74) is 1.11. The van der Waals surface area contributed by atoms with Crippen molar-refractivity contribution >= 4 is 11.6 Å². The average molecular weight is 307 g/mol. The minimum absolute atomic E-state index is 0.0328. The predicted molar refractivity (Wildman–Crippen MR) is 83.1 cm³/mol. The summed E-state index contributed by atoms with van der Waals surface area (Å²) in [6.45, 7) is 3.20. The van der Waals surface area contributed by atoms with Crippen LogP contribution in [0.5, 0.6) is 5.75 Å². The number of piperazine rings is 1. The number of nitrogens with zero attached hydrogens (tertiary/aromatic N) is 2. The van der Waals surface area contributed by atoms with Crippen molar-refractivity contribution in [1.82, 2.24) is 10.2 Å². The molecule has 0 aliphatic carbocycles. The monoisotopic (exact) mass is 307 g/mol. The molecule has 0 spiro atoms. The Morgan fingerprint density at radius 1 is 1.32 bits per heavy atom. The number of methoxy groups -OCH3 is 1. The molecule has 0 radical (unpaired) electrons. The van der Waals surface area contributed by atoms with Crippen LogP contribution < -0.4 is 15.0 Å². The highest BCUT2D eigenvalue weighted by molar-refractivity contribution is 5.82. The molecule has 1 N–H and O–H groups in total. The summed E-state index contributed by atoms with van der Waals surface area (Å²) in [6.07, 6.45) is -0.596. The van der Waals surface area contributed by atoms with Crippen LogP contribution in [0.15, 0.2) is 24.3 Å². The first kappa shape index (κ1) is 15.1. The predicted octanol–water partition coefficient (Wildman–Crippen LogP) is 1.04. The first-order chi connectivity index (χ1) is 10.7. The zero-order chi connectivity index (χ0) is 15.5. The van der Waals surface area contributed by atoms with E-state index in [0.29, 0.717) is 26.1 Å². The SMILES string of the molecule is COc1cccc(N2CCN(C(=O)[C@H]3C[C@H](F)CN3)CC2)c1. The van der Waals surface area contributed by atoms with Gasteiger partial charge in [0.15, 0.2) is 0 Å². The first-order valence-corrected chi connectivity index (χ1v) is 7.72. The lowest BCUT2D eigenvalue weighted by Crippen LogP contribution is -2.53. The lowest BCUT2D eigenvalue weighted by atomic mass is 10.1. The minimum Gasteiger partial charge on any atom is -0.497 e. The Hall–Kier alpha value is -1.82. The number of hydrogen-bond donors (Lipinski definition) is 1. The molecular weight excluding hydrogens is 285 g/mol. The second-order valence-electron chi connectivity index (χ2n) is 5.81. The van der Waals surface area contributed by atoms with E-state index in [4.69, 9.17) is 4.74 Å². The highest BCUT2D eigenvalue weighted by atomic mass is 19.1. The van der Waals surface area contributed by atoms with Crippen molar-refractivity contribution in [3.8, 4) is 5.75 Å². The Bertz CT molecular complexity index is 532. The zero-order valence-electron chi connectivity index (χ0n) is 12.8. The Kier molecular flexibility index (Phi) is 4.47. The van der Waals surface area contributed by atoms with Gasteiger partial charge in [0.2, 0.25) is 5.91 Å². The van der Waals surface area contributed by atoms with Crippen LogP contribution in [-0.4, -0.2) is 62.9 Å². The standard InChI is InChI=1S/C16H22FN3O2/c1-22-14-4-2-3-13(10-14)19-5-7-20(8-6-19)16(21)15-9-12(17)11-18-15/h2-4,10,12,15,18H,5-9,11H2,1H3/t12-,15+/m0/s1. The van der Waals surface area contributed by atoms with Crippen LogP contribution >= 0.6 is 0 Å². The van der Waals surface area contributed by atoms with Crippen LogP contribution in [0.2, 0.25) is 0 Å². The highest BCUT2D eigenvalue weighted by Gasteiger charge is 2.33. The van der Waals surface area contributed by atoms with Crippen molar-refractivity contribution in [2.24, 2.45) is 0 Å². The summed E-state index contributed by atoms with van der Waals surface area (Å²) < 4.78 is 18.5. The topological polar surface area (TPSA) is 44.8 Å². The highest BCUT2D eigenvalue weighted by Crippen LogP contribution is 2.22. The van der Waals surface area contributed by atoms with Crippen molar-refractivity contribution in [3.05, 3.63) is 24.3 Å². The molecule has 2 saturated heterocycles. The van der Waals surface area contributed by atoms with Crippen LogP contribution in [-0.2, 0) is 4.79 Å². The third kappa shape index (κ3) is 3.16. The number of ether oxygens (including phenoxy) is 1. The largest absolute Gasteiger partial charge is 0.497 e. The number of rotatable bonds is 3. The average Bonchev–Trinajstić information content (AvgIpc) is 3.01. The van der Waals surface area contributed by atoms with Gasteiger partial charge in [0.25, 0.3) is 0 Å². The molecule has 0 unspecified atom stereocenters. The molecule has 2 aliphatic rings. The molecule has 1 amide bonds. The Balaban J connectivity index is 1.56. The molecule has 5 nitrogen and oxygen atoms in total.